The lowest BCUT2D eigenvalue weighted by molar-refractivity contribution is 0.321. The first-order chi connectivity index (χ1) is 3.80. The van der Waals surface area contributed by atoms with E-state index in [1.54, 1.807) is 0 Å². The van der Waals surface area contributed by atoms with Crippen LogP contribution in [0.3, 0.4) is 0 Å². The van der Waals surface area contributed by atoms with Crippen LogP contribution in [0.2, 0.25) is 0 Å². The van der Waals surface area contributed by atoms with Gasteiger partial charge in [0.25, 0.3) is 0 Å². The average molecular weight is 127 g/mol. The predicted molar refractivity (Wildman–Crippen MR) is 29.4 cm³/mol. The van der Waals surface area contributed by atoms with E-state index in [4.69, 9.17) is 0 Å². The minimum Gasteiger partial charge on any atom is -0.264 e. The van der Waals surface area contributed by atoms with Crippen LogP contribution in [0, 0.1) is 0 Å². The molecule has 0 aliphatic rings. The first kappa shape index (κ1) is 5.37. The van der Waals surface area contributed by atoms with Crippen molar-refractivity contribution < 1.29 is 5.11 Å². The molecule has 8 heavy (non-hydrogen) atoms. The second kappa shape index (κ2) is 2.00. The zero-order valence-corrected chi connectivity index (χ0v) is 4.80. The molecule has 0 saturated carbocycles. The van der Waals surface area contributed by atoms with Crippen LogP contribution in [-0.4, -0.2) is 10.2 Å². The first-order valence-corrected chi connectivity index (χ1v) is 2.43. The van der Waals surface area contributed by atoms with Crippen molar-refractivity contribution in [1.82, 2.24) is 10.2 Å². The molecule has 0 atom stereocenters. The summed E-state index contributed by atoms with van der Waals surface area (Å²) in [5.41, 5.74) is 0. The van der Waals surface area contributed by atoms with E-state index in [2.05, 4.69) is 22.8 Å². The Bertz CT molecular complexity index is 170. The van der Waals surface area contributed by atoms with Crippen LogP contribution in [0.25, 0.3) is 0 Å². The van der Waals surface area contributed by atoms with Crippen molar-refractivity contribution in [3.8, 4) is 5.88 Å². The lowest BCUT2D eigenvalue weighted by Gasteiger charge is -1.85. The van der Waals surface area contributed by atoms with E-state index in [9.17, 15) is 5.11 Å². The van der Waals surface area contributed by atoms with Crippen molar-refractivity contribution in [3.63, 3.8) is 0 Å². The van der Waals surface area contributed by atoms with Crippen molar-refractivity contribution in [2.75, 3.05) is 0 Å². The highest BCUT2D eigenvalue weighted by atomic mass is 32.1. The van der Waals surface area contributed by atoms with E-state index in [1.165, 1.54) is 12.3 Å². The standard InChI is InChI=1S/C4H3N2OS/c7-4-3(8)1-2-5-6-4/h1-2H,(H,5,8). The number of thiol groups is 1. The molecule has 1 aromatic heterocycles. The van der Waals surface area contributed by atoms with E-state index in [0.29, 0.717) is 4.90 Å². The molecule has 0 aliphatic carbocycles. The van der Waals surface area contributed by atoms with Gasteiger partial charge in [-0.15, -0.1) is 17.7 Å². The Balaban J connectivity index is 3.13. The quantitative estimate of drug-likeness (QED) is 0.526. The van der Waals surface area contributed by atoms with Gasteiger partial charge in [0.2, 0.25) is 0 Å². The fourth-order valence-corrected chi connectivity index (χ4v) is 0.424. The Morgan fingerprint density at radius 3 is 2.75 bits per heavy atom. The monoisotopic (exact) mass is 127 g/mol. The molecule has 0 bridgehead atoms. The molecular weight excluding hydrogens is 124 g/mol. The van der Waals surface area contributed by atoms with Gasteiger partial charge in [-0.2, -0.15) is 5.10 Å². The highest BCUT2D eigenvalue weighted by molar-refractivity contribution is 7.80. The summed E-state index contributed by atoms with van der Waals surface area (Å²) in [4.78, 5) is 0.333. The largest absolute Gasteiger partial charge is 0.301 e. The molecule has 1 rings (SSSR count). The molecule has 4 heteroatoms. The van der Waals surface area contributed by atoms with Crippen LogP contribution in [0.15, 0.2) is 17.2 Å². The Morgan fingerprint density at radius 1 is 1.62 bits per heavy atom. The van der Waals surface area contributed by atoms with E-state index < -0.39 is 0 Å². The van der Waals surface area contributed by atoms with Crippen LogP contribution in [0.4, 0.5) is 0 Å². The predicted octanol–water partition coefficient (Wildman–Crippen LogP) is 0.909. The third kappa shape index (κ3) is 0.894. The summed E-state index contributed by atoms with van der Waals surface area (Å²) in [6.07, 6.45) is 1.42. The van der Waals surface area contributed by atoms with Gasteiger partial charge in [-0.25, -0.2) is 0 Å². The molecule has 0 fully saturated rings. The Hall–Kier alpha value is -0.770. The maximum atomic E-state index is 10.4. The molecule has 0 amide bonds. The molecule has 0 spiro atoms. The number of nitrogens with zero attached hydrogens (tertiary/aromatic N) is 2. The topological polar surface area (TPSA) is 45.7 Å². The number of hydrogen-bond donors (Lipinski definition) is 1. The van der Waals surface area contributed by atoms with Crippen LogP contribution >= 0.6 is 12.6 Å². The molecule has 3 nitrogen and oxygen atoms in total. The molecule has 1 heterocycles. The molecule has 1 aromatic rings. The molecular formula is C4H3N2OS. The first-order valence-electron chi connectivity index (χ1n) is 1.98. The maximum absolute atomic E-state index is 10.4. The van der Waals surface area contributed by atoms with Crippen LogP contribution in [0.5, 0.6) is 5.88 Å². The van der Waals surface area contributed by atoms with Gasteiger partial charge in [0.05, 0.1) is 11.1 Å². The lowest BCUT2D eigenvalue weighted by atomic mass is 10.6. The van der Waals surface area contributed by atoms with Crippen molar-refractivity contribution in [2.45, 2.75) is 4.90 Å². The van der Waals surface area contributed by atoms with E-state index in [0.717, 1.165) is 0 Å². The summed E-state index contributed by atoms with van der Waals surface area (Å²) in [5.74, 6) is -0.379. The summed E-state index contributed by atoms with van der Waals surface area (Å²) in [5, 5.41) is 16.9. The van der Waals surface area contributed by atoms with Gasteiger partial charge >= 0.3 is 5.88 Å². The van der Waals surface area contributed by atoms with Gasteiger partial charge in [0, 0.05) is 0 Å². The van der Waals surface area contributed by atoms with Crippen molar-refractivity contribution in [2.24, 2.45) is 0 Å². The highest BCUT2D eigenvalue weighted by Gasteiger charge is 1.94. The van der Waals surface area contributed by atoms with Crippen molar-refractivity contribution >= 4 is 12.6 Å². The normalized spacial score (nSPS) is 9.12. The minimum absolute atomic E-state index is 0.333. The van der Waals surface area contributed by atoms with Crippen LogP contribution < -0.4 is 0 Å². The van der Waals surface area contributed by atoms with Gasteiger partial charge in [0.1, 0.15) is 0 Å². The fraction of sp³-hybridized carbons (Fsp3) is 0. The fourth-order valence-electron chi connectivity index (χ4n) is 0.312. The summed E-state index contributed by atoms with van der Waals surface area (Å²) in [6, 6.07) is 1.50. The summed E-state index contributed by atoms with van der Waals surface area (Å²) >= 11 is 3.78. The van der Waals surface area contributed by atoms with Crippen molar-refractivity contribution in [3.05, 3.63) is 12.3 Å². The number of hydrogen-bond acceptors (Lipinski definition) is 3. The SMILES string of the molecule is [O]c1nnccc1S. The maximum Gasteiger partial charge on any atom is 0.301 e. The third-order valence-corrected chi connectivity index (χ3v) is 1.01. The van der Waals surface area contributed by atoms with Crippen LogP contribution in [-0.2, 0) is 5.11 Å². The summed E-state index contributed by atoms with van der Waals surface area (Å²) < 4.78 is 0. The molecule has 0 saturated heterocycles. The lowest BCUT2D eigenvalue weighted by Crippen LogP contribution is -1.77. The minimum atomic E-state index is -0.379. The van der Waals surface area contributed by atoms with Gasteiger partial charge < -0.3 is 0 Å². The second-order valence-corrected chi connectivity index (χ2v) is 1.70. The average Bonchev–Trinajstić information content (AvgIpc) is 1.77. The zero-order valence-electron chi connectivity index (χ0n) is 3.90. The summed E-state index contributed by atoms with van der Waals surface area (Å²) in [6.45, 7) is 0. The zero-order chi connectivity index (χ0) is 5.98. The molecule has 41 valence electrons. The highest BCUT2D eigenvalue weighted by Crippen LogP contribution is 2.14. The van der Waals surface area contributed by atoms with Gasteiger partial charge in [-0.3, -0.25) is 5.11 Å². The van der Waals surface area contributed by atoms with Gasteiger partial charge in [0.15, 0.2) is 0 Å². The molecule has 0 aliphatic heterocycles. The van der Waals surface area contributed by atoms with E-state index in [-0.39, 0.29) is 5.88 Å². The van der Waals surface area contributed by atoms with Crippen LogP contribution in [0.1, 0.15) is 0 Å². The smallest absolute Gasteiger partial charge is 0.264 e. The van der Waals surface area contributed by atoms with Gasteiger partial charge in [-0.1, -0.05) is 0 Å². The molecule has 0 N–H and O–H groups in total. The second-order valence-electron chi connectivity index (χ2n) is 1.22. The number of rotatable bonds is 0. The third-order valence-electron chi connectivity index (χ3n) is 0.667. The van der Waals surface area contributed by atoms with Crippen molar-refractivity contribution in [1.29, 1.82) is 0 Å². The Kier molecular flexibility index (Phi) is 1.34. The Labute approximate surface area is 51.8 Å². The molecule has 0 unspecified atom stereocenters. The van der Waals surface area contributed by atoms with E-state index >= 15 is 0 Å². The molecule has 1 radical (unpaired) electrons. The Morgan fingerprint density at radius 2 is 2.38 bits per heavy atom. The van der Waals surface area contributed by atoms with Gasteiger partial charge in [-0.05, 0) is 6.07 Å². The number of aromatic nitrogens is 2. The summed E-state index contributed by atoms with van der Waals surface area (Å²) in [7, 11) is 0. The van der Waals surface area contributed by atoms with E-state index in [1.807, 2.05) is 0 Å². The molecule has 0 aromatic carbocycles.